The zero-order valence-corrected chi connectivity index (χ0v) is 18.5. The van der Waals surface area contributed by atoms with Gasteiger partial charge in [0.15, 0.2) is 5.82 Å². The summed E-state index contributed by atoms with van der Waals surface area (Å²) < 4.78 is 25.9. The average molecular weight is 448 g/mol. The molecule has 0 saturated heterocycles. The van der Waals surface area contributed by atoms with Crippen LogP contribution in [0.5, 0.6) is 0 Å². The molecule has 4 aromatic rings. The minimum absolute atomic E-state index is 0.130. The molecule has 2 aromatic heterocycles. The lowest BCUT2D eigenvalue weighted by Crippen LogP contribution is -2.16. The molecule has 0 aliphatic heterocycles. The van der Waals surface area contributed by atoms with Crippen LogP contribution in [0, 0.1) is 0 Å². The van der Waals surface area contributed by atoms with Crippen LogP contribution in [0.4, 0.5) is 5.82 Å². The molecule has 0 atom stereocenters. The number of rotatable bonds is 6. The number of aromatic nitrogens is 3. The first-order chi connectivity index (χ1) is 15.5. The van der Waals surface area contributed by atoms with E-state index in [0.29, 0.717) is 24.3 Å². The molecule has 0 amide bonds. The van der Waals surface area contributed by atoms with Crippen molar-refractivity contribution in [3.05, 3.63) is 83.4 Å². The smallest absolute Gasteiger partial charge is 0.238 e. The second-order valence-electron chi connectivity index (χ2n) is 8.14. The molecule has 0 unspecified atom stereocenters. The van der Waals surface area contributed by atoms with Gasteiger partial charge in [-0.1, -0.05) is 36.4 Å². The maximum atomic E-state index is 11.9. The highest BCUT2D eigenvalue weighted by Crippen LogP contribution is 2.27. The normalized spacial score (nSPS) is 13.8. The molecule has 32 heavy (non-hydrogen) atoms. The van der Waals surface area contributed by atoms with Crippen molar-refractivity contribution in [2.75, 3.05) is 5.32 Å². The second kappa shape index (κ2) is 8.37. The zero-order chi connectivity index (χ0) is 22.1. The molecule has 0 bridgehead atoms. The van der Waals surface area contributed by atoms with Gasteiger partial charge in [-0.25, -0.2) is 23.5 Å². The molecule has 8 heteroatoms. The van der Waals surface area contributed by atoms with Gasteiger partial charge in [0.2, 0.25) is 10.0 Å². The van der Waals surface area contributed by atoms with Crippen molar-refractivity contribution in [2.24, 2.45) is 5.14 Å². The third-order valence-electron chi connectivity index (χ3n) is 5.92. The summed E-state index contributed by atoms with van der Waals surface area (Å²) in [7, 11) is -3.80. The van der Waals surface area contributed by atoms with Crippen molar-refractivity contribution >= 4 is 26.7 Å². The van der Waals surface area contributed by atoms with Gasteiger partial charge < -0.3 is 9.88 Å². The highest BCUT2D eigenvalue weighted by Gasteiger charge is 2.19. The molecule has 0 radical (unpaired) electrons. The van der Waals surface area contributed by atoms with Crippen molar-refractivity contribution in [3.8, 4) is 0 Å². The molecule has 1 aliphatic carbocycles. The number of nitrogens with zero attached hydrogens (tertiary/aromatic N) is 3. The summed E-state index contributed by atoms with van der Waals surface area (Å²) in [6.07, 6.45) is 6.07. The lowest BCUT2D eigenvalue weighted by molar-refractivity contribution is 0.598. The summed E-state index contributed by atoms with van der Waals surface area (Å²) >= 11 is 0. The lowest BCUT2D eigenvalue weighted by Gasteiger charge is -2.20. The van der Waals surface area contributed by atoms with E-state index in [1.165, 1.54) is 17.2 Å². The van der Waals surface area contributed by atoms with Crippen LogP contribution in [-0.4, -0.2) is 23.0 Å². The van der Waals surface area contributed by atoms with Crippen molar-refractivity contribution < 1.29 is 8.42 Å². The van der Waals surface area contributed by atoms with E-state index in [9.17, 15) is 8.42 Å². The molecular weight excluding hydrogens is 422 g/mol. The molecule has 7 nitrogen and oxygen atoms in total. The summed E-state index contributed by atoms with van der Waals surface area (Å²) in [4.78, 5) is 9.86. The monoisotopic (exact) mass is 447 g/mol. The third-order valence-corrected chi connectivity index (χ3v) is 6.89. The number of fused-ring (bicyclic) bond motifs is 2. The predicted octanol–water partition coefficient (Wildman–Crippen LogP) is 3.62. The Morgan fingerprint density at radius 2 is 1.78 bits per heavy atom. The highest BCUT2D eigenvalue weighted by atomic mass is 32.2. The van der Waals surface area contributed by atoms with E-state index in [0.717, 1.165) is 42.7 Å². The molecular formula is C24H25N5O2S. The third kappa shape index (κ3) is 4.11. The maximum absolute atomic E-state index is 11.9. The maximum Gasteiger partial charge on any atom is 0.238 e. The van der Waals surface area contributed by atoms with Gasteiger partial charge in [-0.15, -0.1) is 0 Å². The first-order valence-electron chi connectivity index (χ1n) is 10.8. The molecule has 2 heterocycles. The second-order valence-corrected chi connectivity index (χ2v) is 9.67. The largest absolute Gasteiger partial charge is 0.366 e. The van der Waals surface area contributed by atoms with E-state index in [2.05, 4.69) is 17.4 Å². The molecule has 5 rings (SSSR count). The standard InChI is InChI=1S/C24H25N5O2S/c25-32(30,31)22-12-6-11-21-19(22)13-14-29(21)16-23-27-20-10-5-4-9-18(20)24(28-23)26-15-17-7-2-1-3-8-17/h1-3,6-8,11-14H,4-5,9-10,15-16H2,(H2,25,30,31)(H,26,27,28). The fourth-order valence-corrected chi connectivity index (χ4v) is 5.12. The average Bonchev–Trinajstić information content (AvgIpc) is 3.20. The van der Waals surface area contributed by atoms with E-state index in [1.807, 2.05) is 35.0 Å². The van der Waals surface area contributed by atoms with E-state index >= 15 is 0 Å². The van der Waals surface area contributed by atoms with E-state index in [1.54, 1.807) is 12.1 Å². The number of benzene rings is 2. The topological polar surface area (TPSA) is 103 Å². The Labute approximate surface area is 187 Å². The number of nitrogens with one attached hydrogen (secondary N) is 1. The zero-order valence-electron chi connectivity index (χ0n) is 17.7. The first-order valence-corrected chi connectivity index (χ1v) is 12.3. The Morgan fingerprint density at radius 1 is 0.969 bits per heavy atom. The van der Waals surface area contributed by atoms with Crippen LogP contribution in [-0.2, 0) is 36.0 Å². The summed E-state index contributed by atoms with van der Waals surface area (Å²) in [6.45, 7) is 1.15. The summed E-state index contributed by atoms with van der Waals surface area (Å²) in [5, 5.41) is 9.52. The van der Waals surface area contributed by atoms with Crippen LogP contribution in [0.25, 0.3) is 10.9 Å². The van der Waals surface area contributed by atoms with Crippen molar-refractivity contribution in [3.63, 3.8) is 0 Å². The summed E-state index contributed by atoms with van der Waals surface area (Å²) in [5.41, 5.74) is 4.31. The van der Waals surface area contributed by atoms with Crippen molar-refractivity contribution in [1.82, 2.24) is 14.5 Å². The van der Waals surface area contributed by atoms with Gasteiger partial charge in [-0.3, -0.25) is 0 Å². The van der Waals surface area contributed by atoms with Crippen LogP contribution in [0.15, 0.2) is 65.7 Å². The van der Waals surface area contributed by atoms with Gasteiger partial charge in [0.25, 0.3) is 0 Å². The number of primary sulfonamides is 1. The minimum Gasteiger partial charge on any atom is -0.366 e. The SMILES string of the molecule is NS(=O)(=O)c1cccc2c1ccn2Cc1nc2c(c(NCc3ccccc3)n1)CCCC2. The number of nitrogens with two attached hydrogens (primary N) is 1. The number of hydrogen-bond donors (Lipinski definition) is 2. The lowest BCUT2D eigenvalue weighted by atomic mass is 9.96. The molecule has 0 saturated carbocycles. The molecule has 164 valence electrons. The van der Waals surface area contributed by atoms with Crippen LogP contribution >= 0.6 is 0 Å². The molecule has 0 spiro atoms. The van der Waals surface area contributed by atoms with Gasteiger partial charge in [-0.05, 0) is 49.4 Å². The van der Waals surface area contributed by atoms with Gasteiger partial charge in [0.05, 0.1) is 11.4 Å². The van der Waals surface area contributed by atoms with E-state index in [-0.39, 0.29) is 4.90 Å². The van der Waals surface area contributed by atoms with Crippen molar-refractivity contribution in [1.29, 1.82) is 0 Å². The van der Waals surface area contributed by atoms with Crippen LogP contribution in [0.3, 0.4) is 0 Å². The van der Waals surface area contributed by atoms with Crippen LogP contribution < -0.4 is 10.5 Å². The Bertz CT molecular complexity index is 1380. The molecule has 1 aliphatic rings. The molecule has 2 aromatic carbocycles. The highest BCUT2D eigenvalue weighted by molar-refractivity contribution is 7.89. The number of aryl methyl sites for hydroxylation is 1. The fourth-order valence-electron chi connectivity index (χ4n) is 4.38. The predicted molar refractivity (Wildman–Crippen MR) is 125 cm³/mol. The minimum atomic E-state index is -3.80. The van der Waals surface area contributed by atoms with Crippen LogP contribution in [0.2, 0.25) is 0 Å². The first kappa shape index (κ1) is 20.7. The van der Waals surface area contributed by atoms with E-state index in [4.69, 9.17) is 15.1 Å². The quantitative estimate of drug-likeness (QED) is 0.470. The Hall–Kier alpha value is -3.23. The number of anilines is 1. The fraction of sp³-hybridized carbons (Fsp3) is 0.250. The van der Waals surface area contributed by atoms with E-state index < -0.39 is 10.0 Å². The van der Waals surface area contributed by atoms with Crippen LogP contribution in [0.1, 0.15) is 35.5 Å². The Kier molecular flexibility index (Phi) is 5.40. The van der Waals surface area contributed by atoms with Gasteiger partial charge in [0.1, 0.15) is 5.82 Å². The summed E-state index contributed by atoms with van der Waals surface area (Å²) in [6, 6.07) is 17.2. The Morgan fingerprint density at radius 3 is 2.59 bits per heavy atom. The van der Waals surface area contributed by atoms with Gasteiger partial charge >= 0.3 is 0 Å². The Balaban J connectivity index is 1.49. The molecule has 3 N–H and O–H groups in total. The van der Waals surface area contributed by atoms with Gasteiger partial charge in [0, 0.05) is 34.9 Å². The van der Waals surface area contributed by atoms with Crippen molar-refractivity contribution in [2.45, 2.75) is 43.7 Å². The van der Waals surface area contributed by atoms with Gasteiger partial charge in [-0.2, -0.15) is 0 Å². The number of hydrogen-bond acceptors (Lipinski definition) is 5. The summed E-state index contributed by atoms with van der Waals surface area (Å²) in [5.74, 6) is 1.61. The number of sulfonamides is 1. The molecule has 0 fully saturated rings.